The summed E-state index contributed by atoms with van der Waals surface area (Å²) in [5, 5.41) is 0. The molecule has 0 N–H and O–H groups in total. The van der Waals surface area contributed by atoms with Crippen molar-refractivity contribution in [2.24, 2.45) is 0 Å². The third-order valence-electron chi connectivity index (χ3n) is 5.30. The lowest BCUT2D eigenvalue weighted by atomic mass is 9.67. The SMILES string of the molecule is CCOC(=O)c1ccc(C=C(C)c2cc3c(s2)C(C)(C)CCC3(C)C)o1. The van der Waals surface area contributed by atoms with E-state index in [0.29, 0.717) is 12.4 Å². The molecule has 26 heavy (non-hydrogen) atoms. The van der Waals surface area contributed by atoms with Crippen LogP contribution in [0.1, 0.15) is 86.0 Å². The van der Waals surface area contributed by atoms with Crippen LogP contribution in [0.4, 0.5) is 0 Å². The molecule has 0 aliphatic heterocycles. The van der Waals surface area contributed by atoms with Gasteiger partial charge in [0.2, 0.25) is 5.76 Å². The Kier molecular flexibility index (Phi) is 4.91. The Balaban J connectivity index is 1.92. The van der Waals surface area contributed by atoms with Crippen molar-refractivity contribution in [3.8, 4) is 0 Å². The van der Waals surface area contributed by atoms with Crippen LogP contribution in [-0.4, -0.2) is 12.6 Å². The Morgan fingerprint density at radius 1 is 1.23 bits per heavy atom. The molecule has 0 amide bonds. The number of furan rings is 1. The number of carbonyl (C=O) groups is 1. The van der Waals surface area contributed by atoms with Gasteiger partial charge in [0.05, 0.1) is 6.61 Å². The fourth-order valence-corrected chi connectivity index (χ4v) is 4.93. The minimum Gasteiger partial charge on any atom is -0.460 e. The van der Waals surface area contributed by atoms with Gasteiger partial charge in [0.1, 0.15) is 5.76 Å². The summed E-state index contributed by atoms with van der Waals surface area (Å²) in [6.45, 7) is 13.6. The van der Waals surface area contributed by atoms with Gasteiger partial charge < -0.3 is 9.15 Å². The second-order valence-corrected chi connectivity index (χ2v) is 9.42. The highest BCUT2D eigenvalue weighted by molar-refractivity contribution is 7.13. The second-order valence-electron chi connectivity index (χ2n) is 8.37. The fourth-order valence-electron chi connectivity index (χ4n) is 3.49. The lowest BCUT2D eigenvalue weighted by Crippen LogP contribution is -2.31. The molecule has 2 heterocycles. The van der Waals surface area contributed by atoms with Crippen molar-refractivity contribution in [2.75, 3.05) is 6.61 Å². The number of rotatable bonds is 4. The third-order valence-corrected chi connectivity index (χ3v) is 6.94. The van der Waals surface area contributed by atoms with Crippen LogP contribution in [0.2, 0.25) is 0 Å². The van der Waals surface area contributed by atoms with E-state index in [4.69, 9.17) is 9.15 Å². The maximum atomic E-state index is 11.8. The van der Waals surface area contributed by atoms with Gasteiger partial charge in [-0.1, -0.05) is 27.7 Å². The highest BCUT2D eigenvalue weighted by Crippen LogP contribution is 2.50. The van der Waals surface area contributed by atoms with E-state index < -0.39 is 5.97 Å². The summed E-state index contributed by atoms with van der Waals surface area (Å²) in [6.07, 6.45) is 4.43. The number of carbonyl (C=O) groups excluding carboxylic acids is 1. The van der Waals surface area contributed by atoms with Crippen molar-refractivity contribution >= 4 is 29.0 Å². The molecule has 0 unspecified atom stereocenters. The maximum Gasteiger partial charge on any atom is 0.374 e. The number of allylic oxidation sites excluding steroid dienone is 1. The summed E-state index contributed by atoms with van der Waals surface area (Å²) in [7, 11) is 0. The number of fused-ring (bicyclic) bond motifs is 1. The molecule has 0 fully saturated rings. The first-order chi connectivity index (χ1) is 12.1. The van der Waals surface area contributed by atoms with E-state index in [0.717, 1.165) is 5.57 Å². The summed E-state index contributed by atoms with van der Waals surface area (Å²) in [4.78, 5) is 14.5. The van der Waals surface area contributed by atoms with Crippen molar-refractivity contribution in [1.82, 2.24) is 0 Å². The second kappa shape index (κ2) is 6.73. The fraction of sp³-hybridized carbons (Fsp3) is 0.500. The first kappa shape index (κ1) is 19.0. The Morgan fingerprint density at radius 3 is 2.58 bits per heavy atom. The first-order valence-corrected chi connectivity index (χ1v) is 10.1. The zero-order valence-corrected chi connectivity index (χ0v) is 17.4. The van der Waals surface area contributed by atoms with E-state index >= 15 is 0 Å². The summed E-state index contributed by atoms with van der Waals surface area (Å²) in [5.41, 5.74) is 3.09. The Labute approximate surface area is 160 Å². The standard InChI is InChI=1S/C22H28O3S/c1-7-24-20(23)17-9-8-15(25-17)12-14(2)18-13-16-19(26-18)22(5,6)11-10-21(16,3)4/h8-9,12-13H,7,10-11H2,1-6H3. The number of hydrogen-bond donors (Lipinski definition) is 0. The van der Waals surface area contributed by atoms with Gasteiger partial charge in [-0.25, -0.2) is 4.79 Å². The highest BCUT2D eigenvalue weighted by atomic mass is 32.1. The van der Waals surface area contributed by atoms with Gasteiger partial charge in [0.25, 0.3) is 0 Å². The van der Waals surface area contributed by atoms with Gasteiger partial charge in [-0.15, -0.1) is 11.3 Å². The smallest absolute Gasteiger partial charge is 0.374 e. The van der Waals surface area contributed by atoms with Crippen LogP contribution in [0.15, 0.2) is 22.6 Å². The molecule has 0 atom stereocenters. The predicted molar refractivity (Wildman–Crippen MR) is 108 cm³/mol. The van der Waals surface area contributed by atoms with Crippen LogP contribution in [-0.2, 0) is 15.6 Å². The van der Waals surface area contributed by atoms with E-state index in [-0.39, 0.29) is 16.6 Å². The van der Waals surface area contributed by atoms with Gasteiger partial charge in [0.15, 0.2) is 0 Å². The van der Waals surface area contributed by atoms with Crippen molar-refractivity contribution in [2.45, 2.75) is 65.2 Å². The molecule has 3 rings (SSSR count). The normalized spacial score (nSPS) is 18.5. The van der Waals surface area contributed by atoms with Crippen LogP contribution >= 0.6 is 11.3 Å². The lowest BCUT2D eigenvalue weighted by Gasteiger charge is -2.39. The molecule has 0 saturated heterocycles. The van der Waals surface area contributed by atoms with Crippen LogP contribution in [0.25, 0.3) is 11.6 Å². The Morgan fingerprint density at radius 2 is 1.92 bits per heavy atom. The summed E-state index contributed by atoms with van der Waals surface area (Å²) >= 11 is 1.89. The molecule has 0 aromatic carbocycles. The molecular weight excluding hydrogens is 344 g/mol. The topological polar surface area (TPSA) is 39.4 Å². The van der Waals surface area contributed by atoms with Crippen LogP contribution < -0.4 is 0 Å². The van der Waals surface area contributed by atoms with E-state index in [1.807, 2.05) is 23.5 Å². The molecule has 1 aliphatic rings. The third kappa shape index (κ3) is 3.52. The molecular formula is C22H28O3S. The van der Waals surface area contributed by atoms with Crippen molar-refractivity contribution < 1.29 is 13.9 Å². The molecule has 0 radical (unpaired) electrons. The van der Waals surface area contributed by atoms with Crippen molar-refractivity contribution in [3.63, 3.8) is 0 Å². The van der Waals surface area contributed by atoms with Gasteiger partial charge in [-0.05, 0) is 72.9 Å². The lowest BCUT2D eigenvalue weighted by molar-refractivity contribution is 0.0489. The minimum absolute atomic E-state index is 0.224. The summed E-state index contributed by atoms with van der Waals surface area (Å²) in [6, 6.07) is 5.84. The van der Waals surface area contributed by atoms with Crippen LogP contribution in [0.3, 0.4) is 0 Å². The predicted octanol–water partition coefficient (Wildman–Crippen LogP) is 6.43. The first-order valence-electron chi connectivity index (χ1n) is 9.24. The molecule has 3 nitrogen and oxygen atoms in total. The maximum absolute atomic E-state index is 11.8. The molecule has 4 heteroatoms. The molecule has 0 bridgehead atoms. The van der Waals surface area contributed by atoms with Gasteiger partial charge in [-0.3, -0.25) is 0 Å². The zero-order chi connectivity index (χ0) is 19.1. The van der Waals surface area contributed by atoms with Gasteiger partial charge in [-0.2, -0.15) is 0 Å². The molecule has 2 aromatic heterocycles. The van der Waals surface area contributed by atoms with Crippen LogP contribution in [0.5, 0.6) is 0 Å². The number of hydrogen-bond acceptors (Lipinski definition) is 4. The average Bonchev–Trinajstić information content (AvgIpc) is 3.20. The van der Waals surface area contributed by atoms with Crippen molar-refractivity contribution in [3.05, 3.63) is 45.0 Å². The molecule has 2 aromatic rings. The minimum atomic E-state index is -0.417. The monoisotopic (exact) mass is 372 g/mol. The molecule has 0 saturated carbocycles. The highest BCUT2D eigenvalue weighted by Gasteiger charge is 2.38. The molecule has 1 aliphatic carbocycles. The van der Waals surface area contributed by atoms with Gasteiger partial charge in [0, 0.05) is 9.75 Å². The quantitative estimate of drug-likeness (QED) is 0.581. The van der Waals surface area contributed by atoms with Gasteiger partial charge >= 0.3 is 5.97 Å². The largest absolute Gasteiger partial charge is 0.460 e. The number of esters is 1. The van der Waals surface area contributed by atoms with E-state index in [1.54, 1.807) is 13.0 Å². The zero-order valence-electron chi connectivity index (χ0n) is 16.6. The van der Waals surface area contributed by atoms with E-state index in [2.05, 4.69) is 40.7 Å². The Bertz CT molecular complexity index is 815. The van der Waals surface area contributed by atoms with Crippen molar-refractivity contribution in [1.29, 1.82) is 0 Å². The number of ether oxygens (including phenoxy) is 1. The average molecular weight is 373 g/mol. The number of thiophene rings is 1. The summed E-state index contributed by atoms with van der Waals surface area (Å²) < 4.78 is 10.6. The molecule has 0 spiro atoms. The van der Waals surface area contributed by atoms with E-state index in [9.17, 15) is 4.79 Å². The molecule has 140 valence electrons. The van der Waals surface area contributed by atoms with Crippen LogP contribution in [0, 0.1) is 0 Å². The van der Waals surface area contributed by atoms with E-state index in [1.165, 1.54) is 28.2 Å². The summed E-state index contributed by atoms with van der Waals surface area (Å²) in [5.74, 6) is 0.508. The Hall–Kier alpha value is -1.81.